The van der Waals surface area contributed by atoms with Crippen molar-refractivity contribution < 1.29 is 9.36 Å². The zero-order valence-electron chi connectivity index (χ0n) is 21.0. The van der Waals surface area contributed by atoms with Crippen molar-refractivity contribution in [3.05, 3.63) is 120 Å². The average molecular weight is 504 g/mol. The van der Waals surface area contributed by atoms with E-state index in [0.29, 0.717) is 18.6 Å². The topological polar surface area (TPSA) is 37.4 Å². The van der Waals surface area contributed by atoms with Gasteiger partial charge in [0, 0.05) is 30.1 Å². The third-order valence-electron chi connectivity index (χ3n) is 9.17. The van der Waals surface area contributed by atoms with Crippen molar-refractivity contribution in [1.82, 2.24) is 4.67 Å². The van der Waals surface area contributed by atoms with Crippen LogP contribution < -0.4 is 5.30 Å². The van der Waals surface area contributed by atoms with Gasteiger partial charge in [-0.3, -0.25) is 4.79 Å². The van der Waals surface area contributed by atoms with E-state index in [2.05, 4.69) is 96.7 Å². The van der Waals surface area contributed by atoms with Gasteiger partial charge in [0.25, 0.3) is 0 Å². The Labute approximate surface area is 218 Å². The van der Waals surface area contributed by atoms with Gasteiger partial charge >= 0.3 is 0 Å². The minimum atomic E-state index is -3.32. The lowest BCUT2D eigenvalue weighted by Gasteiger charge is -2.47. The molecule has 2 aliphatic carbocycles. The van der Waals surface area contributed by atoms with Gasteiger partial charge in [0.1, 0.15) is 5.78 Å². The number of Topliss-reactive ketones (excluding diaryl/α,β-unsaturated/α-hetero) is 1. The maximum absolute atomic E-state index is 16.5. The van der Waals surface area contributed by atoms with Crippen molar-refractivity contribution in [2.75, 3.05) is 7.05 Å². The first-order valence-electron chi connectivity index (χ1n) is 13.2. The molecule has 1 aliphatic heterocycles. The van der Waals surface area contributed by atoms with Gasteiger partial charge in [0.2, 0.25) is 0 Å². The van der Waals surface area contributed by atoms with Crippen LogP contribution in [0.5, 0.6) is 0 Å². The van der Waals surface area contributed by atoms with Gasteiger partial charge < -0.3 is 4.57 Å². The highest BCUT2D eigenvalue weighted by molar-refractivity contribution is 7.71. The molecule has 1 heterocycles. The first-order valence-corrected chi connectivity index (χ1v) is 14.9. The van der Waals surface area contributed by atoms with Crippen LogP contribution in [0.1, 0.15) is 42.0 Å². The summed E-state index contributed by atoms with van der Waals surface area (Å²) in [6, 6.07) is 33.5. The van der Waals surface area contributed by atoms with E-state index < -0.39 is 12.4 Å². The third-order valence-corrected chi connectivity index (χ3v) is 13.3. The molecule has 0 bridgehead atoms. The maximum atomic E-state index is 16.5. The van der Waals surface area contributed by atoms with Gasteiger partial charge in [-0.15, -0.1) is 0 Å². The number of carbonyl (C=O) groups is 1. The SMILES string of the molecule is CN1[C@H](c2ccccc2)[C@@H]2C=Cc3ccccc3[C@]2([C@H]2CCC(=O)C2)P1(=O)c1cccc2ccccc12. The number of rotatable bonds is 3. The molecule has 1 saturated carbocycles. The molecule has 1 saturated heterocycles. The van der Waals surface area contributed by atoms with Crippen LogP contribution in [0.15, 0.2) is 103 Å². The molecular formula is C33H30NO2P. The molecule has 184 valence electrons. The minimum absolute atomic E-state index is 0.0112. The predicted molar refractivity (Wildman–Crippen MR) is 151 cm³/mol. The molecule has 0 aromatic heterocycles. The van der Waals surface area contributed by atoms with Crippen LogP contribution in [-0.2, 0) is 14.5 Å². The van der Waals surface area contributed by atoms with E-state index in [-0.39, 0.29) is 17.9 Å². The number of benzene rings is 4. The van der Waals surface area contributed by atoms with Gasteiger partial charge in [-0.25, -0.2) is 4.67 Å². The zero-order valence-corrected chi connectivity index (χ0v) is 21.9. The van der Waals surface area contributed by atoms with Gasteiger partial charge in [-0.1, -0.05) is 103 Å². The first kappa shape index (κ1) is 22.9. The monoisotopic (exact) mass is 503 g/mol. The highest BCUT2D eigenvalue weighted by atomic mass is 31.2. The Hall–Kier alpha value is -3.26. The lowest BCUT2D eigenvalue weighted by atomic mass is 9.67. The summed E-state index contributed by atoms with van der Waals surface area (Å²) in [5, 5.41) is 2.37. The summed E-state index contributed by atoms with van der Waals surface area (Å²) in [5.41, 5.74) is 3.44. The van der Waals surface area contributed by atoms with Crippen molar-refractivity contribution in [3.63, 3.8) is 0 Å². The number of hydrogen-bond acceptors (Lipinski definition) is 2. The molecule has 0 radical (unpaired) electrons. The summed E-state index contributed by atoms with van der Waals surface area (Å²) in [4.78, 5) is 12.9. The molecule has 37 heavy (non-hydrogen) atoms. The minimum Gasteiger partial charge on any atom is -0.300 e. The molecule has 0 N–H and O–H groups in total. The molecule has 5 atom stereocenters. The van der Waals surface area contributed by atoms with Crippen LogP contribution in [0.2, 0.25) is 0 Å². The van der Waals surface area contributed by atoms with E-state index in [0.717, 1.165) is 33.6 Å². The molecule has 7 rings (SSSR count). The fourth-order valence-corrected chi connectivity index (χ4v) is 12.3. The summed E-state index contributed by atoms with van der Waals surface area (Å²) >= 11 is 0. The quantitative estimate of drug-likeness (QED) is 0.275. The summed E-state index contributed by atoms with van der Waals surface area (Å²) in [7, 11) is -1.26. The van der Waals surface area contributed by atoms with Crippen LogP contribution in [-0.4, -0.2) is 17.5 Å². The zero-order chi connectivity index (χ0) is 25.2. The summed E-state index contributed by atoms with van der Waals surface area (Å²) in [6.45, 7) is 0. The standard InChI is InChI=1S/C33H30NO2P/c1-34-32(25-12-3-2-4-13-25)30-21-18-24-11-6-8-16-29(24)33(30,26-19-20-27(35)22-26)37(34,36)31-17-9-14-23-10-5-7-15-28(23)31/h2-18,21,26,30,32H,19-20,22H2,1H3/t26-,30-,32+,33-,37?/m0/s1. The fourth-order valence-electron chi connectivity index (χ4n) is 7.77. The number of hydrogen-bond donors (Lipinski definition) is 0. The predicted octanol–water partition coefficient (Wildman–Crippen LogP) is 7.34. The van der Waals surface area contributed by atoms with E-state index in [9.17, 15) is 4.79 Å². The Bertz CT molecular complexity index is 1600. The molecule has 4 heteroatoms. The highest BCUT2D eigenvalue weighted by Crippen LogP contribution is 2.81. The van der Waals surface area contributed by atoms with Gasteiger partial charge in [-0.2, -0.15) is 0 Å². The lowest BCUT2D eigenvalue weighted by molar-refractivity contribution is -0.117. The Balaban J connectivity index is 1.62. The second kappa shape index (κ2) is 8.38. The van der Waals surface area contributed by atoms with Gasteiger partial charge in [0.15, 0.2) is 7.29 Å². The molecule has 0 spiro atoms. The number of fused-ring (bicyclic) bond motifs is 4. The third kappa shape index (κ3) is 2.99. The van der Waals surface area contributed by atoms with E-state index in [4.69, 9.17) is 0 Å². The van der Waals surface area contributed by atoms with Crippen molar-refractivity contribution in [2.24, 2.45) is 11.8 Å². The van der Waals surface area contributed by atoms with Crippen LogP contribution >= 0.6 is 7.29 Å². The van der Waals surface area contributed by atoms with E-state index in [1.807, 2.05) is 24.3 Å². The van der Waals surface area contributed by atoms with Gasteiger partial charge in [0.05, 0.1) is 5.16 Å². The molecular weight excluding hydrogens is 473 g/mol. The van der Waals surface area contributed by atoms with Crippen molar-refractivity contribution >= 4 is 35.2 Å². The highest BCUT2D eigenvalue weighted by Gasteiger charge is 2.70. The Morgan fingerprint density at radius 3 is 2.41 bits per heavy atom. The van der Waals surface area contributed by atoms with E-state index in [1.54, 1.807) is 0 Å². The maximum Gasteiger partial charge on any atom is 0.190 e. The Morgan fingerprint density at radius 1 is 0.865 bits per heavy atom. The number of ketones is 1. The molecule has 4 aromatic carbocycles. The molecule has 4 aromatic rings. The Morgan fingerprint density at radius 2 is 1.59 bits per heavy atom. The molecule has 3 aliphatic rings. The van der Waals surface area contributed by atoms with Crippen molar-refractivity contribution in [1.29, 1.82) is 0 Å². The lowest BCUT2D eigenvalue weighted by Crippen LogP contribution is -2.42. The van der Waals surface area contributed by atoms with Crippen LogP contribution in [0.3, 0.4) is 0 Å². The summed E-state index contributed by atoms with van der Waals surface area (Å²) in [5.74, 6) is 0.285. The first-order chi connectivity index (χ1) is 18.1. The second-order valence-electron chi connectivity index (χ2n) is 10.8. The fraction of sp³-hybridized carbons (Fsp3) is 0.242. The molecule has 3 nitrogen and oxygen atoms in total. The van der Waals surface area contributed by atoms with Crippen LogP contribution in [0, 0.1) is 11.8 Å². The van der Waals surface area contributed by atoms with Crippen molar-refractivity contribution in [2.45, 2.75) is 30.5 Å². The van der Waals surface area contributed by atoms with E-state index >= 15 is 4.57 Å². The second-order valence-corrected chi connectivity index (χ2v) is 13.8. The van der Waals surface area contributed by atoms with Crippen LogP contribution in [0.4, 0.5) is 0 Å². The Kier molecular flexibility index (Phi) is 5.19. The van der Waals surface area contributed by atoms with Crippen molar-refractivity contribution in [3.8, 4) is 0 Å². The largest absolute Gasteiger partial charge is 0.300 e. The molecule has 1 unspecified atom stereocenters. The number of carbonyl (C=O) groups excluding carboxylic acids is 1. The normalized spacial score (nSPS) is 30.9. The van der Waals surface area contributed by atoms with E-state index in [1.165, 1.54) is 5.56 Å². The summed E-state index contributed by atoms with van der Waals surface area (Å²) in [6.07, 6.45) is 6.37. The average Bonchev–Trinajstić information content (AvgIpc) is 3.46. The van der Waals surface area contributed by atoms with Crippen LogP contribution in [0.25, 0.3) is 16.8 Å². The summed E-state index contributed by atoms with van der Waals surface area (Å²) < 4.78 is 18.7. The van der Waals surface area contributed by atoms with Gasteiger partial charge in [-0.05, 0) is 52.9 Å². The molecule has 2 fully saturated rings. The molecule has 0 amide bonds. The smallest absolute Gasteiger partial charge is 0.190 e. The number of nitrogens with zero attached hydrogens (tertiary/aromatic N) is 1.